The van der Waals surface area contributed by atoms with Gasteiger partial charge in [0.05, 0.1) is 0 Å². The first-order chi connectivity index (χ1) is 7.87. The van der Waals surface area contributed by atoms with Crippen molar-refractivity contribution in [1.82, 2.24) is 5.32 Å². The maximum Gasteiger partial charge on any atom is 0.389 e. The minimum absolute atomic E-state index is 0.193. The monoisotopic (exact) mass is 251 g/mol. The van der Waals surface area contributed by atoms with E-state index in [9.17, 15) is 13.2 Å². The van der Waals surface area contributed by atoms with Gasteiger partial charge >= 0.3 is 6.18 Å². The third-order valence-corrected chi connectivity index (χ3v) is 4.14. The van der Waals surface area contributed by atoms with E-state index < -0.39 is 12.6 Å². The largest absolute Gasteiger partial charge is 0.389 e. The highest BCUT2D eigenvalue weighted by Crippen LogP contribution is 2.40. The second-order valence-electron chi connectivity index (χ2n) is 5.56. The Kier molecular flexibility index (Phi) is 5.29. The van der Waals surface area contributed by atoms with Gasteiger partial charge < -0.3 is 5.32 Å². The van der Waals surface area contributed by atoms with Crippen LogP contribution < -0.4 is 5.32 Å². The Balaban J connectivity index is 2.41. The Morgan fingerprint density at radius 3 is 2.24 bits per heavy atom. The summed E-state index contributed by atoms with van der Waals surface area (Å²) < 4.78 is 36.4. The molecule has 1 saturated carbocycles. The molecule has 0 aromatic carbocycles. The minimum Gasteiger partial charge on any atom is -0.316 e. The summed E-state index contributed by atoms with van der Waals surface area (Å²) in [6.45, 7) is 2.22. The second kappa shape index (κ2) is 6.07. The zero-order valence-electron chi connectivity index (χ0n) is 10.9. The number of alkyl halides is 3. The van der Waals surface area contributed by atoms with E-state index in [0.717, 1.165) is 12.8 Å². The van der Waals surface area contributed by atoms with Crippen molar-refractivity contribution >= 4 is 0 Å². The molecule has 0 aliphatic heterocycles. The summed E-state index contributed by atoms with van der Waals surface area (Å²) in [6, 6.07) is 0.227. The predicted molar refractivity (Wildman–Crippen MR) is 63.9 cm³/mol. The van der Waals surface area contributed by atoms with Crippen LogP contribution in [0, 0.1) is 5.41 Å². The fourth-order valence-corrected chi connectivity index (χ4v) is 3.06. The van der Waals surface area contributed by atoms with Crippen molar-refractivity contribution in [3.8, 4) is 0 Å². The number of nitrogens with one attached hydrogen (secondary N) is 1. The third-order valence-electron chi connectivity index (χ3n) is 4.14. The number of hydrogen-bond donors (Lipinski definition) is 1. The van der Waals surface area contributed by atoms with Gasteiger partial charge in [0, 0.05) is 12.5 Å². The van der Waals surface area contributed by atoms with Crippen molar-refractivity contribution < 1.29 is 13.2 Å². The second-order valence-corrected chi connectivity index (χ2v) is 5.56. The highest BCUT2D eigenvalue weighted by Gasteiger charge is 2.35. The number of rotatable bonds is 5. The summed E-state index contributed by atoms with van der Waals surface area (Å²) >= 11 is 0. The maximum atomic E-state index is 12.1. The lowest BCUT2D eigenvalue weighted by atomic mass is 9.69. The van der Waals surface area contributed by atoms with Crippen molar-refractivity contribution in [3.63, 3.8) is 0 Å². The Morgan fingerprint density at radius 1 is 1.18 bits per heavy atom. The lowest BCUT2D eigenvalue weighted by molar-refractivity contribution is -0.136. The molecule has 1 fully saturated rings. The van der Waals surface area contributed by atoms with E-state index in [1.165, 1.54) is 19.3 Å². The van der Waals surface area contributed by atoms with E-state index in [0.29, 0.717) is 6.42 Å². The zero-order chi connectivity index (χ0) is 12.9. The Labute approximate surface area is 102 Å². The number of halogens is 3. The molecule has 0 aromatic rings. The molecule has 0 radical (unpaired) electrons. The molecule has 0 saturated heterocycles. The van der Waals surface area contributed by atoms with Crippen molar-refractivity contribution in [3.05, 3.63) is 0 Å². The molecule has 0 heterocycles. The van der Waals surface area contributed by atoms with E-state index in [4.69, 9.17) is 0 Å². The van der Waals surface area contributed by atoms with E-state index >= 15 is 0 Å². The summed E-state index contributed by atoms with van der Waals surface area (Å²) in [6.07, 6.45) is 2.20. The molecule has 1 unspecified atom stereocenters. The fraction of sp³-hybridized carbons (Fsp3) is 1.00. The SMILES string of the molecule is CNC(CCCC(F)(F)F)C1(C)CCCCC1. The van der Waals surface area contributed by atoms with Crippen molar-refractivity contribution in [2.45, 2.75) is 70.5 Å². The van der Waals surface area contributed by atoms with Gasteiger partial charge in [0.2, 0.25) is 0 Å². The third kappa shape index (κ3) is 4.86. The predicted octanol–water partition coefficient (Wildman–Crippen LogP) is 4.28. The van der Waals surface area contributed by atoms with Gasteiger partial charge in [-0.3, -0.25) is 0 Å². The first-order valence-electron chi connectivity index (χ1n) is 6.61. The molecule has 1 aliphatic rings. The summed E-state index contributed by atoms with van der Waals surface area (Å²) in [5.41, 5.74) is 0.193. The van der Waals surface area contributed by atoms with Crippen LogP contribution in [0.5, 0.6) is 0 Å². The van der Waals surface area contributed by atoms with Gasteiger partial charge in [0.25, 0.3) is 0 Å². The first-order valence-corrected chi connectivity index (χ1v) is 6.61. The van der Waals surface area contributed by atoms with Crippen LogP contribution in [0.2, 0.25) is 0 Å². The molecular formula is C13H24F3N. The maximum absolute atomic E-state index is 12.1. The van der Waals surface area contributed by atoms with Crippen LogP contribution in [0.15, 0.2) is 0 Å². The van der Waals surface area contributed by atoms with E-state index in [-0.39, 0.29) is 17.9 Å². The van der Waals surface area contributed by atoms with Gasteiger partial charge in [-0.05, 0) is 38.1 Å². The van der Waals surface area contributed by atoms with Gasteiger partial charge in [-0.15, -0.1) is 0 Å². The lowest BCUT2D eigenvalue weighted by Crippen LogP contribution is -2.43. The van der Waals surface area contributed by atoms with Crippen LogP contribution in [0.3, 0.4) is 0 Å². The topological polar surface area (TPSA) is 12.0 Å². The van der Waals surface area contributed by atoms with Gasteiger partial charge in [-0.1, -0.05) is 26.2 Å². The molecule has 0 amide bonds. The van der Waals surface area contributed by atoms with Crippen molar-refractivity contribution in [2.24, 2.45) is 5.41 Å². The van der Waals surface area contributed by atoms with Crippen molar-refractivity contribution in [2.75, 3.05) is 7.05 Å². The molecule has 102 valence electrons. The van der Waals surface area contributed by atoms with Gasteiger partial charge in [0.15, 0.2) is 0 Å². The summed E-state index contributed by atoms with van der Waals surface area (Å²) in [4.78, 5) is 0. The molecule has 4 heteroatoms. The highest BCUT2D eigenvalue weighted by atomic mass is 19.4. The molecule has 0 bridgehead atoms. The molecule has 17 heavy (non-hydrogen) atoms. The first kappa shape index (κ1) is 14.8. The molecule has 0 spiro atoms. The van der Waals surface area contributed by atoms with Gasteiger partial charge in [-0.25, -0.2) is 0 Å². The van der Waals surface area contributed by atoms with Crippen LogP contribution in [0.25, 0.3) is 0 Å². The van der Waals surface area contributed by atoms with Gasteiger partial charge in [0.1, 0.15) is 0 Å². The normalized spacial score (nSPS) is 22.4. The van der Waals surface area contributed by atoms with E-state index in [1.54, 1.807) is 0 Å². The van der Waals surface area contributed by atoms with Crippen LogP contribution in [-0.4, -0.2) is 19.3 Å². The van der Waals surface area contributed by atoms with Gasteiger partial charge in [-0.2, -0.15) is 13.2 Å². The average molecular weight is 251 g/mol. The fourth-order valence-electron chi connectivity index (χ4n) is 3.06. The highest BCUT2D eigenvalue weighted by molar-refractivity contribution is 4.89. The summed E-state index contributed by atoms with van der Waals surface area (Å²) in [5.74, 6) is 0. The van der Waals surface area contributed by atoms with Crippen LogP contribution in [-0.2, 0) is 0 Å². The van der Waals surface area contributed by atoms with Crippen LogP contribution in [0.4, 0.5) is 13.2 Å². The summed E-state index contributed by atoms with van der Waals surface area (Å²) in [7, 11) is 1.87. The smallest absolute Gasteiger partial charge is 0.316 e. The molecular weight excluding hydrogens is 227 g/mol. The van der Waals surface area contributed by atoms with E-state index in [2.05, 4.69) is 12.2 Å². The molecule has 0 aromatic heterocycles. The molecule has 1 nitrogen and oxygen atoms in total. The molecule has 1 N–H and O–H groups in total. The quantitative estimate of drug-likeness (QED) is 0.769. The Morgan fingerprint density at radius 2 is 1.76 bits per heavy atom. The number of hydrogen-bond acceptors (Lipinski definition) is 1. The summed E-state index contributed by atoms with van der Waals surface area (Å²) in [5, 5.41) is 3.23. The minimum atomic E-state index is -4.01. The standard InChI is InChI=1S/C13H24F3N/c1-12(8-4-3-5-9-12)11(17-2)7-6-10-13(14,15)16/h11,17H,3-10H2,1-2H3. The Hall–Kier alpha value is -0.250. The average Bonchev–Trinajstić information content (AvgIpc) is 2.23. The Bertz CT molecular complexity index is 219. The van der Waals surface area contributed by atoms with Crippen LogP contribution in [0.1, 0.15) is 58.3 Å². The molecule has 1 aliphatic carbocycles. The lowest BCUT2D eigenvalue weighted by Gasteiger charge is -2.41. The van der Waals surface area contributed by atoms with E-state index in [1.807, 2.05) is 7.05 Å². The van der Waals surface area contributed by atoms with Crippen molar-refractivity contribution in [1.29, 1.82) is 0 Å². The zero-order valence-corrected chi connectivity index (χ0v) is 10.9. The molecule has 1 rings (SSSR count). The molecule has 1 atom stereocenters. The van der Waals surface area contributed by atoms with Crippen LogP contribution >= 0.6 is 0 Å².